The van der Waals surface area contributed by atoms with Gasteiger partial charge in [0.1, 0.15) is 0 Å². The van der Waals surface area contributed by atoms with Crippen LogP contribution in [0.25, 0.3) is 0 Å². The standard InChI is InChI=1S/C8H10BrN/c1-7-3-2-6-10-8(9)5-4-7/h2-3,6H,4-5H2,1H3/b6-2-,7-3-,10-8+. The quantitative estimate of drug-likeness (QED) is 0.569. The van der Waals surface area contributed by atoms with Gasteiger partial charge in [-0.1, -0.05) is 11.6 Å². The van der Waals surface area contributed by atoms with E-state index in [-0.39, 0.29) is 0 Å². The Bertz CT molecular complexity index is 179. The van der Waals surface area contributed by atoms with Gasteiger partial charge in [0.25, 0.3) is 0 Å². The van der Waals surface area contributed by atoms with Crippen LogP contribution in [0.2, 0.25) is 0 Å². The fourth-order valence-corrected chi connectivity index (χ4v) is 1.10. The molecule has 2 heteroatoms. The highest BCUT2D eigenvalue weighted by Gasteiger charge is 1.95. The molecule has 0 spiro atoms. The second kappa shape index (κ2) is 3.71. The molecule has 0 aromatic rings. The number of hydrogen-bond acceptors (Lipinski definition) is 1. The van der Waals surface area contributed by atoms with Crippen molar-refractivity contribution in [3.8, 4) is 0 Å². The van der Waals surface area contributed by atoms with E-state index < -0.39 is 0 Å². The lowest BCUT2D eigenvalue weighted by Crippen LogP contribution is -1.88. The maximum atomic E-state index is 4.13. The van der Waals surface area contributed by atoms with Gasteiger partial charge in [-0.05, 0) is 35.4 Å². The molecule has 0 saturated carbocycles. The maximum Gasteiger partial charge on any atom is 0.0832 e. The van der Waals surface area contributed by atoms with Gasteiger partial charge in [-0.3, -0.25) is 4.99 Å². The van der Waals surface area contributed by atoms with Crippen LogP contribution >= 0.6 is 15.9 Å². The zero-order valence-electron chi connectivity index (χ0n) is 5.97. The highest BCUT2D eigenvalue weighted by molar-refractivity contribution is 9.18. The second-order valence-electron chi connectivity index (χ2n) is 2.36. The van der Waals surface area contributed by atoms with Crippen molar-refractivity contribution in [3.63, 3.8) is 0 Å². The molecule has 10 heavy (non-hydrogen) atoms. The minimum atomic E-state index is 1.02. The number of halogens is 1. The number of allylic oxidation sites excluding steroid dienone is 3. The summed E-state index contributed by atoms with van der Waals surface area (Å²) < 4.78 is 1.04. The molecule has 0 amide bonds. The molecular weight excluding hydrogens is 190 g/mol. The van der Waals surface area contributed by atoms with Gasteiger partial charge >= 0.3 is 0 Å². The van der Waals surface area contributed by atoms with E-state index in [0.29, 0.717) is 0 Å². The summed E-state index contributed by atoms with van der Waals surface area (Å²) in [5.41, 5.74) is 1.41. The lowest BCUT2D eigenvalue weighted by Gasteiger charge is -2.00. The van der Waals surface area contributed by atoms with Crippen molar-refractivity contribution in [2.45, 2.75) is 19.8 Å². The van der Waals surface area contributed by atoms with Crippen LogP contribution in [0.1, 0.15) is 19.8 Å². The van der Waals surface area contributed by atoms with Crippen molar-refractivity contribution in [1.29, 1.82) is 0 Å². The van der Waals surface area contributed by atoms with Gasteiger partial charge in [-0.2, -0.15) is 0 Å². The van der Waals surface area contributed by atoms with Gasteiger partial charge in [-0.15, -0.1) is 0 Å². The molecule has 0 bridgehead atoms. The highest BCUT2D eigenvalue weighted by atomic mass is 79.9. The Kier molecular flexibility index (Phi) is 2.87. The number of rotatable bonds is 0. The van der Waals surface area contributed by atoms with Crippen LogP contribution < -0.4 is 0 Å². The Labute approximate surface area is 69.7 Å². The van der Waals surface area contributed by atoms with Crippen molar-refractivity contribution in [2.24, 2.45) is 4.99 Å². The summed E-state index contributed by atoms with van der Waals surface area (Å²) in [4.78, 5) is 4.13. The van der Waals surface area contributed by atoms with Crippen molar-refractivity contribution in [3.05, 3.63) is 23.9 Å². The van der Waals surface area contributed by atoms with E-state index in [9.17, 15) is 0 Å². The van der Waals surface area contributed by atoms with Crippen LogP contribution in [0.3, 0.4) is 0 Å². The molecule has 54 valence electrons. The topological polar surface area (TPSA) is 12.4 Å². The fraction of sp³-hybridized carbons (Fsp3) is 0.375. The van der Waals surface area contributed by atoms with Gasteiger partial charge in [0.2, 0.25) is 0 Å². The molecule has 1 aliphatic heterocycles. The monoisotopic (exact) mass is 199 g/mol. The number of aliphatic imine (C=N–C) groups is 1. The van der Waals surface area contributed by atoms with Crippen molar-refractivity contribution in [2.75, 3.05) is 0 Å². The SMILES string of the molecule is C/C1=C/C=C\N=C(\Br)CC1. The fourth-order valence-electron chi connectivity index (χ4n) is 0.779. The average Bonchev–Trinajstić information content (AvgIpc) is 1.90. The summed E-state index contributed by atoms with van der Waals surface area (Å²) >= 11 is 3.37. The van der Waals surface area contributed by atoms with Gasteiger partial charge in [0.05, 0.1) is 4.62 Å². The van der Waals surface area contributed by atoms with Crippen LogP contribution in [-0.4, -0.2) is 4.62 Å². The first kappa shape index (κ1) is 7.73. The third-order valence-electron chi connectivity index (χ3n) is 1.41. The van der Waals surface area contributed by atoms with Crippen LogP contribution in [0.15, 0.2) is 28.9 Å². The molecule has 1 nitrogen and oxygen atoms in total. The molecule has 0 fully saturated rings. The van der Waals surface area contributed by atoms with Gasteiger partial charge < -0.3 is 0 Å². The van der Waals surface area contributed by atoms with Crippen LogP contribution in [0.5, 0.6) is 0 Å². The molecule has 1 rings (SSSR count). The third-order valence-corrected chi connectivity index (χ3v) is 2.01. The normalized spacial score (nSPS) is 32.6. The predicted molar refractivity (Wildman–Crippen MR) is 48.5 cm³/mol. The summed E-state index contributed by atoms with van der Waals surface area (Å²) in [7, 11) is 0. The average molecular weight is 200 g/mol. The van der Waals surface area contributed by atoms with E-state index in [1.165, 1.54) is 5.57 Å². The lowest BCUT2D eigenvalue weighted by molar-refractivity contribution is 1.02. The number of nitrogens with zero attached hydrogens (tertiary/aromatic N) is 1. The minimum absolute atomic E-state index is 1.02. The molecule has 0 saturated heterocycles. The molecule has 0 aromatic heterocycles. The van der Waals surface area contributed by atoms with Crippen LogP contribution in [0, 0.1) is 0 Å². The first-order chi connectivity index (χ1) is 4.79. The Balaban J connectivity index is 2.69. The summed E-state index contributed by atoms with van der Waals surface area (Å²) in [5, 5.41) is 0. The zero-order valence-corrected chi connectivity index (χ0v) is 7.56. The summed E-state index contributed by atoms with van der Waals surface area (Å²) in [6.45, 7) is 2.13. The summed E-state index contributed by atoms with van der Waals surface area (Å²) in [6.07, 6.45) is 8.01. The minimum Gasteiger partial charge on any atom is -0.254 e. The van der Waals surface area contributed by atoms with Gasteiger partial charge in [0, 0.05) is 12.6 Å². The second-order valence-corrected chi connectivity index (χ2v) is 3.28. The van der Waals surface area contributed by atoms with E-state index >= 15 is 0 Å². The Morgan fingerprint density at radius 3 is 3.10 bits per heavy atom. The Morgan fingerprint density at radius 1 is 1.50 bits per heavy atom. The van der Waals surface area contributed by atoms with E-state index in [1.807, 2.05) is 12.3 Å². The highest BCUT2D eigenvalue weighted by Crippen LogP contribution is 2.10. The molecule has 0 aliphatic carbocycles. The molecular formula is C8H10BrN. The van der Waals surface area contributed by atoms with Crippen molar-refractivity contribution < 1.29 is 0 Å². The molecule has 0 aromatic carbocycles. The smallest absolute Gasteiger partial charge is 0.0832 e. The molecule has 0 radical (unpaired) electrons. The van der Waals surface area contributed by atoms with E-state index in [0.717, 1.165) is 17.5 Å². The number of hydrogen-bond donors (Lipinski definition) is 0. The van der Waals surface area contributed by atoms with Gasteiger partial charge in [0.15, 0.2) is 0 Å². The lowest BCUT2D eigenvalue weighted by atomic mass is 10.1. The van der Waals surface area contributed by atoms with E-state index in [4.69, 9.17) is 0 Å². The molecule has 0 N–H and O–H groups in total. The molecule has 0 atom stereocenters. The maximum absolute atomic E-state index is 4.13. The van der Waals surface area contributed by atoms with Crippen LogP contribution in [0.4, 0.5) is 0 Å². The third kappa shape index (κ3) is 2.48. The van der Waals surface area contributed by atoms with Gasteiger partial charge in [-0.25, -0.2) is 0 Å². The Hall–Kier alpha value is -0.370. The van der Waals surface area contributed by atoms with E-state index in [2.05, 4.69) is 33.9 Å². The Morgan fingerprint density at radius 2 is 2.30 bits per heavy atom. The predicted octanol–water partition coefficient (Wildman–Crippen LogP) is 3.03. The molecule has 0 unspecified atom stereocenters. The van der Waals surface area contributed by atoms with Crippen LogP contribution in [-0.2, 0) is 0 Å². The first-order valence-corrected chi connectivity index (χ1v) is 4.13. The molecule has 1 aliphatic rings. The zero-order chi connectivity index (χ0) is 7.40. The van der Waals surface area contributed by atoms with E-state index in [1.54, 1.807) is 0 Å². The van der Waals surface area contributed by atoms with Crippen molar-refractivity contribution in [1.82, 2.24) is 0 Å². The summed E-state index contributed by atoms with van der Waals surface area (Å²) in [5.74, 6) is 0. The van der Waals surface area contributed by atoms with Crippen molar-refractivity contribution >= 4 is 20.6 Å². The largest absolute Gasteiger partial charge is 0.254 e. The molecule has 1 heterocycles. The first-order valence-electron chi connectivity index (χ1n) is 3.33. The summed E-state index contributed by atoms with van der Waals surface area (Å²) in [6, 6.07) is 0.